The minimum Gasteiger partial charge on any atom is -0.511 e. The third-order valence-corrected chi connectivity index (χ3v) is 7.94. The van der Waals surface area contributed by atoms with E-state index in [2.05, 4.69) is 15.4 Å². The van der Waals surface area contributed by atoms with Crippen molar-refractivity contribution in [3.63, 3.8) is 0 Å². The number of allylic oxidation sites excluding steroid dienone is 3. The number of rotatable bonds is 5. The average molecular weight is 617 g/mol. The number of aromatic hydroxyl groups is 1. The summed E-state index contributed by atoms with van der Waals surface area (Å²) in [7, 11) is 3.36. The van der Waals surface area contributed by atoms with Crippen LogP contribution in [0.2, 0.25) is 0 Å². The summed E-state index contributed by atoms with van der Waals surface area (Å²) >= 11 is 0. The first-order valence-corrected chi connectivity index (χ1v) is 13.3. The predicted molar refractivity (Wildman–Crippen MR) is 149 cm³/mol. The van der Waals surface area contributed by atoms with Crippen LogP contribution in [0.5, 0.6) is 11.5 Å². The van der Waals surface area contributed by atoms with Crippen LogP contribution in [0, 0.1) is 17.8 Å². The number of hydrogen-bond acceptors (Lipinski definition) is 9. The van der Waals surface area contributed by atoms with Crippen LogP contribution in [-0.2, 0) is 16.0 Å². The number of hydrogen-bond donors (Lipinski definition) is 6. The number of carbonyl (C=O) groups is 4. The quantitative estimate of drug-likeness (QED) is 0.212. The summed E-state index contributed by atoms with van der Waals surface area (Å²) in [5.41, 5.74) is 5.15. The molecule has 2 aromatic carbocycles. The highest BCUT2D eigenvalue weighted by atomic mass is 19.4. The second kappa shape index (κ2) is 10.8. The summed E-state index contributed by atoms with van der Waals surface area (Å²) in [6.45, 7) is 0. The van der Waals surface area contributed by atoms with Crippen LogP contribution in [0.15, 0.2) is 53.0 Å². The molecule has 232 valence electrons. The Labute approximate surface area is 247 Å². The number of halogens is 3. The topological polar surface area (TPSA) is 192 Å². The highest BCUT2D eigenvalue weighted by molar-refractivity contribution is 6.22. The van der Waals surface area contributed by atoms with Gasteiger partial charge in [0.05, 0.1) is 17.2 Å². The molecule has 0 aromatic heterocycles. The molecule has 0 aliphatic heterocycles. The smallest absolute Gasteiger partial charge is 0.511 e. The minimum atomic E-state index is -4.89. The van der Waals surface area contributed by atoms with Gasteiger partial charge in [-0.2, -0.15) is 0 Å². The Hall–Kier alpha value is -5.21. The lowest BCUT2D eigenvalue weighted by atomic mass is 9.62. The molecular formula is C29H27F3N4O8. The number of nitrogens with one attached hydrogen (secondary N) is 2. The van der Waals surface area contributed by atoms with Crippen LogP contribution < -0.4 is 26.0 Å². The molecule has 3 aliphatic rings. The first kappa shape index (κ1) is 30.3. The first-order valence-electron chi connectivity index (χ1n) is 13.3. The number of benzene rings is 2. The lowest BCUT2D eigenvalue weighted by molar-refractivity contribution is -0.274. The number of ketones is 2. The molecule has 0 radical (unpaired) electrons. The van der Waals surface area contributed by atoms with Crippen molar-refractivity contribution in [1.29, 1.82) is 0 Å². The SMILES string of the molecule is CN(C)c1cc(NC(=O)Nc2ccc(OC(F)(F)F)cc2)c(O)c2c1C[C@H]1C[C@H]3CC(O)=C(C(N)=O)C(=O)C3C(O)=C1C2=O. The van der Waals surface area contributed by atoms with Gasteiger partial charge in [0.15, 0.2) is 17.3 Å². The van der Waals surface area contributed by atoms with Crippen molar-refractivity contribution in [1.82, 2.24) is 0 Å². The Bertz CT molecular complexity index is 1660. The standard InChI is InChI=1S/C29H27F3N4O8/c1-36(2)17-10-16(35-28(43)34-13-3-5-14(6-4-13)44-29(30,31)32)23(38)21-15(17)8-11-7-12-9-18(37)22(27(33)42)26(41)20(12)24(39)19(11)25(21)40/h3-6,10-12,20,37-39H,7-9H2,1-2H3,(H2,33,42)(H2,34,35,43)/t11-,12+,20?/m1/s1. The molecule has 0 heterocycles. The van der Waals surface area contributed by atoms with E-state index in [0.717, 1.165) is 12.1 Å². The van der Waals surface area contributed by atoms with Gasteiger partial charge in [0, 0.05) is 37.5 Å². The number of aliphatic hydroxyl groups excluding tert-OH is 2. The summed E-state index contributed by atoms with van der Waals surface area (Å²) in [5, 5.41) is 37.6. The van der Waals surface area contributed by atoms with E-state index in [4.69, 9.17) is 5.73 Å². The Morgan fingerprint density at radius 2 is 1.70 bits per heavy atom. The van der Waals surface area contributed by atoms with Gasteiger partial charge in [-0.1, -0.05) is 0 Å². The van der Waals surface area contributed by atoms with Crippen molar-refractivity contribution >= 4 is 40.6 Å². The minimum absolute atomic E-state index is 0.0919. The highest BCUT2D eigenvalue weighted by Gasteiger charge is 2.50. The first-order chi connectivity index (χ1) is 20.6. The molecule has 0 bridgehead atoms. The number of fused-ring (bicyclic) bond motifs is 3. The number of nitrogens with two attached hydrogens (primary N) is 1. The lowest BCUT2D eigenvalue weighted by Gasteiger charge is -2.41. The van der Waals surface area contributed by atoms with E-state index < -0.39 is 76.2 Å². The Morgan fingerprint density at radius 3 is 2.30 bits per heavy atom. The number of Topliss-reactive ketones (excluding diaryl/α,β-unsaturated/α-hetero) is 2. The number of phenolic OH excluding ortho intramolecular Hbond substituents is 1. The number of anilines is 3. The van der Waals surface area contributed by atoms with Crippen LogP contribution >= 0.6 is 0 Å². The van der Waals surface area contributed by atoms with Gasteiger partial charge >= 0.3 is 12.4 Å². The number of urea groups is 1. The van der Waals surface area contributed by atoms with Crippen LogP contribution in [0.25, 0.3) is 0 Å². The number of primary amides is 1. The van der Waals surface area contributed by atoms with Crippen molar-refractivity contribution in [3.05, 3.63) is 64.1 Å². The van der Waals surface area contributed by atoms with Crippen LogP contribution in [0.3, 0.4) is 0 Å². The van der Waals surface area contributed by atoms with Crippen molar-refractivity contribution in [3.8, 4) is 11.5 Å². The molecule has 44 heavy (non-hydrogen) atoms. The number of ether oxygens (including phenoxy) is 1. The maximum Gasteiger partial charge on any atom is 0.573 e. The fourth-order valence-electron chi connectivity index (χ4n) is 6.21. The second-order valence-corrected chi connectivity index (χ2v) is 10.9. The molecule has 15 heteroatoms. The van der Waals surface area contributed by atoms with E-state index in [1.807, 2.05) is 0 Å². The number of alkyl halides is 3. The molecule has 3 aliphatic carbocycles. The molecule has 5 rings (SSSR count). The van der Waals surface area contributed by atoms with E-state index >= 15 is 0 Å². The van der Waals surface area contributed by atoms with Crippen molar-refractivity contribution in [2.24, 2.45) is 23.5 Å². The van der Waals surface area contributed by atoms with Crippen molar-refractivity contribution in [2.75, 3.05) is 29.6 Å². The number of aliphatic hydroxyl groups is 2. The van der Waals surface area contributed by atoms with Crippen molar-refractivity contribution < 1.29 is 52.4 Å². The van der Waals surface area contributed by atoms with E-state index in [9.17, 15) is 47.7 Å². The molecule has 1 unspecified atom stereocenters. The van der Waals surface area contributed by atoms with Crippen LogP contribution in [0.1, 0.15) is 28.8 Å². The number of phenols is 1. The van der Waals surface area contributed by atoms with Crippen LogP contribution in [-0.4, -0.2) is 59.3 Å². The number of carbonyl (C=O) groups excluding carboxylic acids is 4. The van der Waals surface area contributed by atoms with Gasteiger partial charge < -0.3 is 41.3 Å². The molecule has 0 spiro atoms. The fourth-order valence-corrected chi connectivity index (χ4v) is 6.21. The van der Waals surface area contributed by atoms with Gasteiger partial charge in [-0.25, -0.2) is 4.79 Å². The zero-order valence-corrected chi connectivity index (χ0v) is 23.3. The number of amides is 3. The Kier molecular flexibility index (Phi) is 7.43. The molecule has 3 amide bonds. The third kappa shape index (κ3) is 5.36. The van der Waals surface area contributed by atoms with Gasteiger partial charge in [0.25, 0.3) is 5.91 Å². The lowest BCUT2D eigenvalue weighted by Crippen LogP contribution is -2.43. The summed E-state index contributed by atoms with van der Waals surface area (Å²) in [5.74, 6) is -7.39. The molecule has 2 aromatic rings. The maximum absolute atomic E-state index is 13.9. The molecule has 7 N–H and O–H groups in total. The molecule has 0 saturated carbocycles. The molecule has 0 fully saturated rings. The van der Waals surface area contributed by atoms with Gasteiger partial charge in [-0.15, -0.1) is 13.2 Å². The zero-order valence-electron chi connectivity index (χ0n) is 23.3. The average Bonchev–Trinajstić information content (AvgIpc) is 2.89. The maximum atomic E-state index is 13.9. The summed E-state index contributed by atoms with van der Waals surface area (Å²) in [6.07, 6.45) is -4.58. The Balaban J connectivity index is 1.47. The fraction of sp³-hybridized carbons (Fsp3) is 0.310. The predicted octanol–water partition coefficient (Wildman–Crippen LogP) is 4.07. The van der Waals surface area contributed by atoms with E-state index in [1.54, 1.807) is 19.0 Å². The van der Waals surface area contributed by atoms with Crippen LogP contribution in [0.4, 0.5) is 35.0 Å². The molecule has 12 nitrogen and oxygen atoms in total. The second-order valence-electron chi connectivity index (χ2n) is 10.9. The van der Waals surface area contributed by atoms with Gasteiger partial charge in [0.1, 0.15) is 22.8 Å². The largest absolute Gasteiger partial charge is 0.573 e. The summed E-state index contributed by atoms with van der Waals surface area (Å²) in [6, 6.07) is 4.87. The van der Waals surface area contributed by atoms with E-state index in [0.29, 0.717) is 11.3 Å². The van der Waals surface area contributed by atoms with Crippen molar-refractivity contribution in [2.45, 2.75) is 25.6 Å². The van der Waals surface area contributed by atoms with Gasteiger partial charge in [-0.3, -0.25) is 14.4 Å². The van der Waals surface area contributed by atoms with E-state index in [-0.39, 0.29) is 41.8 Å². The molecule has 3 atom stereocenters. The summed E-state index contributed by atoms with van der Waals surface area (Å²) in [4.78, 5) is 53.2. The third-order valence-electron chi connectivity index (χ3n) is 7.94. The van der Waals surface area contributed by atoms with Gasteiger partial charge in [-0.05, 0) is 60.6 Å². The highest BCUT2D eigenvalue weighted by Crippen LogP contribution is 2.51. The van der Waals surface area contributed by atoms with Gasteiger partial charge in [0.2, 0.25) is 0 Å². The molecular weight excluding hydrogens is 589 g/mol. The monoisotopic (exact) mass is 616 g/mol. The van der Waals surface area contributed by atoms with E-state index in [1.165, 1.54) is 18.2 Å². The number of nitrogens with zero attached hydrogens (tertiary/aromatic N) is 1. The molecule has 0 saturated heterocycles. The zero-order chi connectivity index (χ0) is 32.2. The normalized spacial score (nSPS) is 21.2. The summed E-state index contributed by atoms with van der Waals surface area (Å²) < 4.78 is 41.1. The Morgan fingerprint density at radius 1 is 1.05 bits per heavy atom.